The summed E-state index contributed by atoms with van der Waals surface area (Å²) in [5.74, 6) is 0. The first-order valence-corrected chi connectivity index (χ1v) is 6.31. The van der Waals surface area contributed by atoms with Crippen molar-refractivity contribution in [2.24, 2.45) is 0 Å². The van der Waals surface area contributed by atoms with Gasteiger partial charge in [0.05, 0.1) is 0 Å². The molecule has 0 aromatic carbocycles. The summed E-state index contributed by atoms with van der Waals surface area (Å²) in [5.41, 5.74) is 0. The average molecular weight is 228 g/mol. The van der Waals surface area contributed by atoms with Crippen molar-refractivity contribution in [3.8, 4) is 29.8 Å². The van der Waals surface area contributed by atoms with Crippen molar-refractivity contribution in [1.82, 2.24) is 0 Å². The van der Waals surface area contributed by atoms with Gasteiger partial charge in [0.15, 0.2) is 0 Å². The van der Waals surface area contributed by atoms with Crippen molar-refractivity contribution < 1.29 is 13.4 Å². The summed E-state index contributed by atoms with van der Waals surface area (Å²) in [4.78, 5) is 3.29. The normalized spacial score (nSPS) is 16.3. The quantitative estimate of drug-likeness (QED) is 0.526. The molecule has 0 rings (SSSR count). The number of hydrogen-bond acceptors (Lipinski definition) is 7. The molecule has 0 amide bonds. The molecule has 14 heavy (non-hydrogen) atoms. The van der Waals surface area contributed by atoms with Crippen LogP contribution in [0.25, 0.3) is 0 Å². The molecular weight excluding hydrogens is 228 g/mol. The Hall–Kier alpha value is -2.74. The third kappa shape index (κ3) is 0.571. The van der Waals surface area contributed by atoms with Crippen LogP contribution in [0.1, 0.15) is 0 Å². The molecule has 0 radical (unpaired) electrons. The van der Waals surface area contributed by atoms with Crippen LogP contribution in [0.15, 0.2) is 0 Å². The SMILES string of the molecule is N#[C][Fe-4](=[O])([C]#N)([C]#N)([C]#N)([C]#N)[C]#N. The summed E-state index contributed by atoms with van der Waals surface area (Å²) < 4.78 is 12.0. The molecule has 0 aliphatic carbocycles. The topological polar surface area (TPSA) is 160 Å². The number of hydrogen-bond donors (Lipinski definition) is 0. The van der Waals surface area contributed by atoms with E-state index in [1.807, 2.05) is 0 Å². The third-order valence-electron chi connectivity index (χ3n) is 1.38. The molecule has 0 atom stereocenters. The van der Waals surface area contributed by atoms with Crippen molar-refractivity contribution in [2.75, 3.05) is 0 Å². The van der Waals surface area contributed by atoms with E-state index < -0.39 is 9.61 Å². The van der Waals surface area contributed by atoms with Gasteiger partial charge < -0.3 is 0 Å². The van der Waals surface area contributed by atoms with E-state index in [9.17, 15) is 3.83 Å². The predicted molar refractivity (Wildman–Crippen MR) is 34.4 cm³/mol. The zero-order chi connectivity index (χ0) is 11.6. The van der Waals surface area contributed by atoms with Crippen LogP contribution in [0.4, 0.5) is 0 Å². The molecule has 0 saturated heterocycles. The average Bonchev–Trinajstić information content (AvgIpc) is 2.31. The Bertz CT molecular complexity index is 539. The van der Waals surface area contributed by atoms with Crippen molar-refractivity contribution in [3.63, 3.8) is 0 Å². The third-order valence-corrected chi connectivity index (χ3v) is 5.69. The summed E-state index contributed by atoms with van der Waals surface area (Å²) >= 11 is 0. The summed E-state index contributed by atoms with van der Waals surface area (Å²) in [5, 5.41) is 51.2. The van der Waals surface area contributed by atoms with Crippen LogP contribution in [0.5, 0.6) is 0 Å². The zero-order valence-electron chi connectivity index (χ0n) is 6.45. The minimum atomic E-state index is -8.04. The summed E-state index contributed by atoms with van der Waals surface area (Å²) in [6.07, 6.45) is 0. The number of nitrogens with zero attached hydrogens (tertiary/aromatic N) is 6. The fourth-order valence-corrected chi connectivity index (χ4v) is 1.09. The molecule has 7 nitrogen and oxygen atoms in total. The Morgan fingerprint density at radius 3 is 0.714 bits per heavy atom. The molecule has 72 valence electrons. The Kier molecular flexibility index (Phi) is 1.20. The van der Waals surface area contributed by atoms with Crippen LogP contribution < -0.4 is 0 Å². The second kappa shape index (κ2) is 1.49. The van der Waals surface area contributed by atoms with Crippen LogP contribution in [-0.4, -0.2) is 0 Å². The van der Waals surface area contributed by atoms with E-state index in [0.29, 0.717) is 29.8 Å². The van der Waals surface area contributed by atoms with E-state index >= 15 is 0 Å². The van der Waals surface area contributed by atoms with Gasteiger partial charge in [0.25, 0.3) is 0 Å². The molecule has 0 bridgehead atoms. The first kappa shape index (κ1) is 11.3. The molecule has 0 aromatic rings. The number of rotatable bonds is 0. The van der Waals surface area contributed by atoms with E-state index in [0.717, 1.165) is 0 Å². The molecule has 0 spiro atoms. The fourth-order valence-electron chi connectivity index (χ4n) is 0.265. The van der Waals surface area contributed by atoms with Crippen molar-refractivity contribution in [1.29, 1.82) is 31.6 Å². The maximum absolute atomic E-state index is 12.0. The molecule has 0 aliphatic heterocycles. The maximum atomic E-state index is 12.0. The number of nitriles is 6. The second-order valence-electron chi connectivity index (χ2n) is 2.23. The van der Waals surface area contributed by atoms with Gasteiger partial charge in [-0.25, -0.2) is 0 Å². The van der Waals surface area contributed by atoms with Gasteiger partial charge in [-0.05, 0) is 0 Å². The van der Waals surface area contributed by atoms with Crippen molar-refractivity contribution in [3.05, 3.63) is 0 Å². The van der Waals surface area contributed by atoms with E-state index in [1.165, 1.54) is 0 Å². The molecule has 0 saturated carbocycles. The molecule has 0 aliphatic rings. The van der Waals surface area contributed by atoms with Gasteiger partial charge in [-0.3, -0.25) is 0 Å². The predicted octanol–water partition coefficient (Wildman–Crippen LogP) is -0.0206. The fraction of sp³-hybridized carbons (Fsp3) is 0. The Morgan fingerprint density at radius 2 is 0.714 bits per heavy atom. The molecular formula is C6FeN6O-4. The van der Waals surface area contributed by atoms with Gasteiger partial charge in [-0.2, -0.15) is 0 Å². The summed E-state index contributed by atoms with van der Waals surface area (Å²) in [6, 6.07) is 0. The van der Waals surface area contributed by atoms with E-state index in [4.69, 9.17) is 31.6 Å². The molecule has 0 heterocycles. The second-order valence-corrected chi connectivity index (χ2v) is 9.21. The summed E-state index contributed by atoms with van der Waals surface area (Å²) in [7, 11) is -8.04. The zero-order valence-corrected chi connectivity index (χ0v) is 7.55. The van der Waals surface area contributed by atoms with Gasteiger partial charge in [0, 0.05) is 0 Å². The summed E-state index contributed by atoms with van der Waals surface area (Å²) in [6.45, 7) is 0. The van der Waals surface area contributed by atoms with Gasteiger partial charge in [-0.15, -0.1) is 0 Å². The molecule has 0 fully saturated rings. The first-order valence-electron chi connectivity index (χ1n) is 2.55. The Labute approximate surface area is 75.3 Å². The van der Waals surface area contributed by atoms with Crippen molar-refractivity contribution >= 4 is 0 Å². The van der Waals surface area contributed by atoms with E-state index in [2.05, 4.69) is 0 Å². The Morgan fingerprint density at radius 1 is 0.571 bits per heavy atom. The van der Waals surface area contributed by atoms with Crippen LogP contribution in [0, 0.1) is 61.4 Å². The molecule has 8 heteroatoms. The first-order chi connectivity index (χ1) is 6.22. The monoisotopic (exact) mass is 228 g/mol. The van der Waals surface area contributed by atoms with E-state index in [-0.39, 0.29) is 0 Å². The van der Waals surface area contributed by atoms with Gasteiger partial charge in [0.2, 0.25) is 0 Å². The Balaban J connectivity index is 7.84. The standard InChI is InChI=1S/6CN.Fe.O/c6*1-2;;/q;;;;;;-4;. The van der Waals surface area contributed by atoms with Gasteiger partial charge >= 0.3 is 74.8 Å². The van der Waals surface area contributed by atoms with Gasteiger partial charge in [0.1, 0.15) is 0 Å². The van der Waals surface area contributed by atoms with Crippen LogP contribution >= 0.6 is 0 Å². The molecule has 0 unspecified atom stereocenters. The van der Waals surface area contributed by atoms with E-state index in [1.54, 1.807) is 0 Å². The molecule has 0 N–H and O–H groups in total. The minimum absolute atomic E-state index is 0.549. The van der Waals surface area contributed by atoms with Crippen LogP contribution in [0.2, 0.25) is 0 Å². The van der Waals surface area contributed by atoms with Crippen LogP contribution in [-0.2, 0) is 13.4 Å². The van der Waals surface area contributed by atoms with Crippen molar-refractivity contribution in [2.45, 2.75) is 0 Å². The van der Waals surface area contributed by atoms with Gasteiger partial charge in [-0.1, -0.05) is 0 Å². The molecule has 0 aromatic heterocycles. The van der Waals surface area contributed by atoms with Crippen LogP contribution in [0.3, 0.4) is 0 Å².